The molecule has 1 fully saturated rings. The molecule has 0 spiro atoms. The molecular formula is C14H15ClN6O3. The van der Waals surface area contributed by atoms with E-state index < -0.39 is 0 Å². The SMILES string of the molecule is Nc1nonc1C(=O)N1CCN(C(=O)Nc2ccccc2Cl)CC1. The van der Waals surface area contributed by atoms with E-state index in [2.05, 4.69) is 20.3 Å². The van der Waals surface area contributed by atoms with E-state index in [1.807, 2.05) is 0 Å². The summed E-state index contributed by atoms with van der Waals surface area (Å²) in [6.07, 6.45) is 0. The maximum Gasteiger partial charge on any atom is 0.322 e. The molecule has 0 saturated carbocycles. The van der Waals surface area contributed by atoms with Gasteiger partial charge in [0.2, 0.25) is 11.5 Å². The molecule has 10 heteroatoms. The molecule has 9 nitrogen and oxygen atoms in total. The third-order valence-electron chi connectivity index (χ3n) is 3.69. The highest BCUT2D eigenvalue weighted by Crippen LogP contribution is 2.21. The summed E-state index contributed by atoms with van der Waals surface area (Å²) in [6.45, 7) is 1.49. The number of hydrogen-bond donors (Lipinski definition) is 2. The van der Waals surface area contributed by atoms with E-state index in [9.17, 15) is 9.59 Å². The minimum atomic E-state index is -0.361. The molecule has 0 bridgehead atoms. The van der Waals surface area contributed by atoms with Gasteiger partial charge in [0.25, 0.3) is 5.91 Å². The average molecular weight is 351 g/mol. The summed E-state index contributed by atoms with van der Waals surface area (Å²) < 4.78 is 4.43. The third-order valence-corrected chi connectivity index (χ3v) is 4.02. The van der Waals surface area contributed by atoms with E-state index >= 15 is 0 Å². The molecule has 3 rings (SSSR count). The summed E-state index contributed by atoms with van der Waals surface area (Å²) in [5, 5.41) is 10.1. The van der Waals surface area contributed by atoms with Crippen molar-refractivity contribution in [3.05, 3.63) is 35.0 Å². The van der Waals surface area contributed by atoms with Crippen LogP contribution in [0.1, 0.15) is 10.5 Å². The van der Waals surface area contributed by atoms with E-state index in [0.717, 1.165) is 0 Å². The first-order valence-electron chi connectivity index (χ1n) is 7.24. The van der Waals surface area contributed by atoms with E-state index in [-0.39, 0.29) is 23.5 Å². The van der Waals surface area contributed by atoms with E-state index in [0.29, 0.717) is 36.9 Å². The number of nitrogens with zero attached hydrogens (tertiary/aromatic N) is 4. The van der Waals surface area contributed by atoms with Crippen molar-refractivity contribution in [3.63, 3.8) is 0 Å². The molecule has 1 aliphatic rings. The lowest BCUT2D eigenvalue weighted by molar-refractivity contribution is 0.0661. The summed E-state index contributed by atoms with van der Waals surface area (Å²) >= 11 is 6.02. The van der Waals surface area contributed by atoms with Crippen molar-refractivity contribution in [3.8, 4) is 0 Å². The van der Waals surface area contributed by atoms with Crippen molar-refractivity contribution >= 4 is 35.0 Å². The van der Waals surface area contributed by atoms with Crippen molar-refractivity contribution in [1.82, 2.24) is 20.1 Å². The Bertz CT molecular complexity index is 756. The smallest absolute Gasteiger partial charge is 0.322 e. The van der Waals surface area contributed by atoms with Crippen LogP contribution in [-0.2, 0) is 0 Å². The average Bonchev–Trinajstić information content (AvgIpc) is 3.02. The largest absolute Gasteiger partial charge is 0.379 e. The summed E-state index contributed by atoms with van der Waals surface area (Å²) in [5.74, 6) is -0.404. The molecule has 2 aromatic rings. The molecule has 3 N–H and O–H groups in total. The Kier molecular flexibility index (Phi) is 4.52. The van der Waals surface area contributed by atoms with Gasteiger partial charge in [0, 0.05) is 26.2 Å². The number of para-hydroxylation sites is 1. The zero-order valence-corrected chi connectivity index (χ0v) is 13.4. The highest BCUT2D eigenvalue weighted by Gasteiger charge is 2.28. The van der Waals surface area contributed by atoms with Gasteiger partial charge >= 0.3 is 6.03 Å². The zero-order chi connectivity index (χ0) is 17.1. The Labute approximate surface area is 142 Å². The number of carbonyl (C=O) groups excluding carboxylic acids is 2. The first kappa shape index (κ1) is 16.1. The molecule has 1 aromatic carbocycles. The lowest BCUT2D eigenvalue weighted by atomic mass is 10.2. The molecule has 0 aliphatic carbocycles. The first-order chi connectivity index (χ1) is 11.6. The number of hydrogen-bond acceptors (Lipinski definition) is 6. The van der Waals surface area contributed by atoms with Crippen LogP contribution in [0.3, 0.4) is 0 Å². The molecular weight excluding hydrogens is 336 g/mol. The van der Waals surface area contributed by atoms with Gasteiger partial charge in [0.1, 0.15) is 0 Å². The second-order valence-corrected chi connectivity index (χ2v) is 5.59. The summed E-state index contributed by atoms with van der Waals surface area (Å²) in [6, 6.07) is 6.73. The minimum Gasteiger partial charge on any atom is -0.379 e. The highest BCUT2D eigenvalue weighted by molar-refractivity contribution is 6.33. The van der Waals surface area contributed by atoms with Gasteiger partial charge in [-0.1, -0.05) is 23.7 Å². The van der Waals surface area contributed by atoms with Crippen molar-refractivity contribution in [1.29, 1.82) is 0 Å². The second-order valence-electron chi connectivity index (χ2n) is 5.19. The summed E-state index contributed by atoms with van der Waals surface area (Å²) in [4.78, 5) is 27.7. The van der Waals surface area contributed by atoms with Gasteiger partial charge in [-0.25, -0.2) is 9.42 Å². The van der Waals surface area contributed by atoms with Crippen LogP contribution in [0.25, 0.3) is 0 Å². The van der Waals surface area contributed by atoms with Crippen LogP contribution in [0.5, 0.6) is 0 Å². The van der Waals surface area contributed by atoms with Crippen LogP contribution in [0.2, 0.25) is 5.02 Å². The lowest BCUT2D eigenvalue weighted by Crippen LogP contribution is -2.51. The number of urea groups is 1. The lowest BCUT2D eigenvalue weighted by Gasteiger charge is -2.34. The van der Waals surface area contributed by atoms with Crippen molar-refractivity contribution < 1.29 is 14.2 Å². The predicted molar refractivity (Wildman–Crippen MR) is 86.7 cm³/mol. The molecule has 0 unspecified atom stereocenters. The fourth-order valence-electron chi connectivity index (χ4n) is 2.36. The van der Waals surface area contributed by atoms with Gasteiger partial charge in [-0.2, -0.15) is 0 Å². The molecule has 0 radical (unpaired) electrons. The van der Waals surface area contributed by atoms with Crippen LogP contribution >= 0.6 is 11.6 Å². The van der Waals surface area contributed by atoms with Gasteiger partial charge in [0.05, 0.1) is 10.7 Å². The van der Waals surface area contributed by atoms with E-state index in [4.69, 9.17) is 17.3 Å². The number of carbonyl (C=O) groups is 2. The van der Waals surface area contributed by atoms with Crippen LogP contribution in [0.15, 0.2) is 28.9 Å². The number of halogens is 1. The predicted octanol–water partition coefficient (Wildman–Crippen LogP) is 1.30. The summed E-state index contributed by atoms with van der Waals surface area (Å²) in [7, 11) is 0. The number of nitrogens with one attached hydrogen (secondary N) is 1. The van der Waals surface area contributed by atoms with Crippen molar-refractivity contribution in [2.24, 2.45) is 0 Å². The Morgan fingerprint density at radius 3 is 2.42 bits per heavy atom. The number of nitrogens with two attached hydrogens (primary N) is 1. The Morgan fingerprint density at radius 2 is 1.79 bits per heavy atom. The zero-order valence-electron chi connectivity index (χ0n) is 12.6. The van der Waals surface area contributed by atoms with Crippen molar-refractivity contribution in [2.75, 3.05) is 37.2 Å². The van der Waals surface area contributed by atoms with Gasteiger partial charge in [-0.05, 0) is 22.4 Å². The molecule has 1 saturated heterocycles. The normalized spacial score (nSPS) is 14.5. The number of nitrogen functional groups attached to an aromatic ring is 1. The molecule has 3 amide bonds. The Balaban J connectivity index is 1.57. The van der Waals surface area contributed by atoms with Crippen molar-refractivity contribution in [2.45, 2.75) is 0 Å². The topological polar surface area (TPSA) is 118 Å². The fourth-order valence-corrected chi connectivity index (χ4v) is 2.55. The number of benzene rings is 1. The van der Waals surface area contributed by atoms with Gasteiger partial charge in [0.15, 0.2) is 0 Å². The van der Waals surface area contributed by atoms with E-state index in [1.54, 1.807) is 34.1 Å². The number of aromatic nitrogens is 2. The van der Waals surface area contributed by atoms with Crippen LogP contribution in [0.4, 0.5) is 16.3 Å². The third kappa shape index (κ3) is 3.25. The minimum absolute atomic E-state index is 0.0102. The van der Waals surface area contributed by atoms with Gasteiger partial charge in [-0.15, -0.1) is 0 Å². The Hall–Kier alpha value is -2.81. The number of anilines is 2. The number of piperazine rings is 1. The van der Waals surface area contributed by atoms with E-state index in [1.165, 1.54) is 0 Å². The molecule has 2 heterocycles. The fraction of sp³-hybridized carbons (Fsp3) is 0.286. The molecule has 126 valence electrons. The van der Waals surface area contributed by atoms with Gasteiger partial charge in [-0.3, -0.25) is 4.79 Å². The standard InChI is InChI=1S/C14H15ClN6O3/c15-9-3-1-2-4-10(9)17-14(23)21-7-5-20(6-8-21)13(22)11-12(16)19-24-18-11/h1-4H,5-8H2,(H2,16,19)(H,17,23). The molecule has 1 aromatic heterocycles. The summed E-state index contributed by atoms with van der Waals surface area (Å²) in [5.41, 5.74) is 6.06. The molecule has 0 atom stereocenters. The number of rotatable bonds is 2. The molecule has 24 heavy (non-hydrogen) atoms. The van der Waals surface area contributed by atoms with Crippen LogP contribution in [-0.4, -0.2) is 58.2 Å². The van der Waals surface area contributed by atoms with Gasteiger partial charge < -0.3 is 20.9 Å². The monoisotopic (exact) mass is 350 g/mol. The maximum atomic E-state index is 12.3. The molecule has 1 aliphatic heterocycles. The highest BCUT2D eigenvalue weighted by atomic mass is 35.5. The quantitative estimate of drug-likeness (QED) is 0.842. The van der Waals surface area contributed by atoms with Crippen LogP contribution in [0, 0.1) is 0 Å². The Morgan fingerprint density at radius 1 is 1.12 bits per heavy atom. The maximum absolute atomic E-state index is 12.3. The van der Waals surface area contributed by atoms with Crippen LogP contribution < -0.4 is 11.1 Å². The second kappa shape index (κ2) is 6.75. The first-order valence-corrected chi connectivity index (χ1v) is 7.62. The number of amides is 3.